The summed E-state index contributed by atoms with van der Waals surface area (Å²) in [5, 5.41) is 6.20. The molecule has 15 heteroatoms. The highest BCUT2D eigenvalue weighted by molar-refractivity contribution is 7.89. The van der Waals surface area contributed by atoms with Gasteiger partial charge < -0.3 is 26.1 Å². The molecule has 0 aromatic heterocycles. The Balaban J connectivity index is 0. The molecule has 2 fully saturated rings. The van der Waals surface area contributed by atoms with Crippen molar-refractivity contribution < 1.29 is 28.2 Å². The molecule has 4 unspecified atom stereocenters. The van der Waals surface area contributed by atoms with Crippen LogP contribution in [0.25, 0.3) is 0 Å². The first-order valence-electron chi connectivity index (χ1n) is 18.8. The Kier molecular flexibility index (Phi) is 28.7. The zero-order valence-electron chi connectivity index (χ0n) is 34.0. The van der Waals surface area contributed by atoms with E-state index < -0.39 is 52.1 Å². The van der Waals surface area contributed by atoms with Gasteiger partial charge in [-0.1, -0.05) is 81.1 Å². The Hall–Kier alpha value is -2.54. The van der Waals surface area contributed by atoms with Gasteiger partial charge in [-0.05, 0) is 75.9 Å². The molecule has 13 nitrogen and oxygen atoms in total. The third kappa shape index (κ3) is 21.2. The molecule has 1 aliphatic carbocycles. The van der Waals surface area contributed by atoms with E-state index in [9.17, 15) is 28.2 Å². The molecule has 2 heterocycles. The number of hydrogen-bond acceptors (Lipinski definition) is 9. The summed E-state index contributed by atoms with van der Waals surface area (Å²) < 4.78 is 12.5. The number of aldehydes is 1. The third-order valence-corrected chi connectivity index (χ3v) is 9.37. The summed E-state index contributed by atoms with van der Waals surface area (Å²) in [7, 11) is -0.913. The predicted molar refractivity (Wildman–Crippen MR) is 218 cm³/mol. The topological polar surface area (TPSA) is 206 Å². The maximum atomic E-state index is 13.1. The molecule has 1 saturated heterocycles. The number of nitrogens with zero attached hydrogens (tertiary/aromatic N) is 2. The molecule has 0 aromatic carbocycles. The minimum absolute atomic E-state index is 0.245. The van der Waals surface area contributed by atoms with Crippen molar-refractivity contribution in [2.45, 2.75) is 144 Å². The summed E-state index contributed by atoms with van der Waals surface area (Å²) in [6, 6.07) is -2.58. The van der Waals surface area contributed by atoms with Crippen LogP contribution in [-0.2, 0) is 30.0 Å². The van der Waals surface area contributed by atoms with E-state index in [0.717, 1.165) is 38.4 Å². The molecule has 5 atom stereocenters. The average molecular weight is 774 g/mol. The van der Waals surface area contributed by atoms with E-state index >= 15 is 0 Å². The molecular weight excluding hydrogens is 701 g/mol. The van der Waals surface area contributed by atoms with Crippen LogP contribution in [0.15, 0.2) is 16.1 Å². The number of rotatable bonds is 13. The van der Waals surface area contributed by atoms with Gasteiger partial charge >= 0.3 is 6.03 Å². The number of allylic oxidation sites excluding steroid dienone is 1. The smallest absolute Gasteiger partial charge is 0.315 e. The Labute approximate surface area is 318 Å². The van der Waals surface area contributed by atoms with Gasteiger partial charge in [0, 0.05) is 18.8 Å². The van der Waals surface area contributed by atoms with Crippen LogP contribution in [0.3, 0.4) is 0 Å². The number of urea groups is 1. The van der Waals surface area contributed by atoms with Crippen LogP contribution in [0.4, 0.5) is 4.79 Å². The van der Waals surface area contributed by atoms with E-state index in [4.69, 9.17) is 11.6 Å². The lowest BCUT2D eigenvalue weighted by Crippen LogP contribution is -2.58. The first-order chi connectivity index (χ1) is 24.5. The zero-order chi connectivity index (χ0) is 40.4. The number of likely N-dealkylation sites (tertiary alicyclic amines) is 1. The third-order valence-electron chi connectivity index (χ3n) is 7.93. The number of primary amides is 1. The molecular formula is C37H72N7O6PS. The Bertz CT molecular complexity index is 1160. The largest absolute Gasteiger partial charge is 0.363 e. The van der Waals surface area contributed by atoms with Crippen LogP contribution in [-0.4, -0.2) is 102 Å². The lowest BCUT2D eigenvalue weighted by Gasteiger charge is -2.35. The van der Waals surface area contributed by atoms with Crippen molar-refractivity contribution in [3.63, 3.8) is 0 Å². The molecule has 2 aliphatic heterocycles. The molecule has 0 bridgehead atoms. The van der Waals surface area contributed by atoms with Gasteiger partial charge in [0.15, 0.2) is 0 Å². The van der Waals surface area contributed by atoms with Gasteiger partial charge in [0.2, 0.25) is 11.7 Å². The lowest BCUT2D eigenvalue weighted by molar-refractivity contribution is -0.138. The van der Waals surface area contributed by atoms with Crippen molar-refractivity contribution in [1.29, 1.82) is 0 Å². The molecule has 3 rings (SSSR count). The number of Topliss-reactive ketones (excluding diaryl/α,β-unsaturated/α-hetero) is 1. The zero-order valence-corrected chi connectivity index (χ0v) is 35.7. The summed E-state index contributed by atoms with van der Waals surface area (Å²) in [5.74, 6) is 4.17. The van der Waals surface area contributed by atoms with Crippen molar-refractivity contribution >= 4 is 54.9 Å². The number of carbonyl (C=O) groups is 5. The second-order valence-electron chi connectivity index (χ2n) is 14.4. The van der Waals surface area contributed by atoms with E-state index in [-0.39, 0.29) is 17.7 Å². The van der Waals surface area contributed by atoms with Crippen LogP contribution in [0.1, 0.15) is 120 Å². The highest BCUT2D eigenvalue weighted by Crippen LogP contribution is 2.30. The van der Waals surface area contributed by atoms with Crippen molar-refractivity contribution in [1.82, 2.24) is 21.0 Å². The maximum Gasteiger partial charge on any atom is 0.315 e. The van der Waals surface area contributed by atoms with Crippen molar-refractivity contribution in [2.24, 2.45) is 27.9 Å². The van der Waals surface area contributed by atoms with Gasteiger partial charge in [-0.2, -0.15) is 0 Å². The van der Waals surface area contributed by atoms with Gasteiger partial charge in [0.1, 0.15) is 17.4 Å². The predicted octanol–water partition coefficient (Wildman–Crippen LogP) is 4.99. The fourth-order valence-corrected chi connectivity index (χ4v) is 6.39. The van der Waals surface area contributed by atoms with Gasteiger partial charge in [0.05, 0.1) is 28.6 Å². The van der Waals surface area contributed by atoms with Gasteiger partial charge in [-0.15, -0.1) is 7.92 Å². The Morgan fingerprint density at radius 2 is 1.62 bits per heavy atom. The van der Waals surface area contributed by atoms with E-state index in [1.54, 1.807) is 11.1 Å². The first-order valence-corrected chi connectivity index (χ1v) is 22.8. The molecule has 4 amide bonds. The number of amides is 4. The molecule has 7 N–H and O–H groups in total. The van der Waals surface area contributed by atoms with Gasteiger partial charge in [0.25, 0.3) is 5.91 Å². The fraction of sp³-hybridized carbons (Fsp3) is 0.784. The van der Waals surface area contributed by atoms with Gasteiger partial charge in [-0.3, -0.25) is 29.4 Å². The second-order valence-corrected chi connectivity index (χ2v) is 18.5. The molecule has 302 valence electrons. The van der Waals surface area contributed by atoms with E-state index in [1.165, 1.54) is 12.8 Å². The number of nitrogens with one attached hydrogen (secondary N) is 3. The maximum absolute atomic E-state index is 13.1. The summed E-state index contributed by atoms with van der Waals surface area (Å²) in [6.45, 7) is 23.0. The number of ketones is 1. The van der Waals surface area contributed by atoms with E-state index in [0.29, 0.717) is 44.7 Å². The molecule has 1 saturated carbocycles. The number of nitrogens with two attached hydrogens (primary N) is 2. The summed E-state index contributed by atoms with van der Waals surface area (Å²) in [6.07, 6.45) is 13.4. The molecule has 0 spiro atoms. The summed E-state index contributed by atoms with van der Waals surface area (Å²) in [4.78, 5) is 64.5. The Morgan fingerprint density at radius 1 is 1.04 bits per heavy atom. The monoisotopic (exact) mass is 774 g/mol. The van der Waals surface area contributed by atoms with Crippen LogP contribution >= 0.6 is 7.92 Å². The lowest BCUT2D eigenvalue weighted by atomic mass is 9.80. The Morgan fingerprint density at radius 3 is 2.02 bits per heavy atom. The minimum atomic E-state index is -1.29. The van der Waals surface area contributed by atoms with Crippen molar-refractivity contribution in [3.05, 3.63) is 11.1 Å². The normalized spacial score (nSPS) is 18.7. The van der Waals surface area contributed by atoms with Gasteiger partial charge in [-0.25, -0.2) is 10.2 Å². The molecule has 3 aliphatic rings. The standard InChI is InChI=1S/C21H34N4O4S.C8H15N3O2.C3H9P.C3H8.C2H6/c1-5-15(14-30(29)17-10-6-7-11-22-17)23-20(28)24-18(21(2,3)4)19(27)25-12-8-9-16(25)13-26;9-8(13)7(12)6(11-10)4-5-2-1-3-5;1-4(2)3;1-3-2;1-2/h10-11,13,15-16,18H,5-9,12,14H2,1-4H3,(H2,23,24,28);5-6,11H,1-4,10H2,(H2,9,13);1-3H3;3H2,1-2H3;1-2H3/t15?,16-,18?,30?;;;;/m0..../s1. The molecule has 52 heavy (non-hydrogen) atoms. The summed E-state index contributed by atoms with van der Waals surface area (Å²) >= 11 is 0. The SMILES string of the molecule is CC.CCC.CCC(CS(=O)C1=CCCC=N1)NC(=O)NC(C(=O)N1CCC[C@H]1C=O)C(C)(C)C.CP(C)C.NNC(CC1CCC1)C(=O)C(N)=O. The summed E-state index contributed by atoms with van der Waals surface area (Å²) in [5.41, 5.74) is 6.66. The number of aliphatic imine (C=N–C) groups is 1. The number of hydrazine groups is 1. The highest BCUT2D eigenvalue weighted by atomic mass is 32.2. The van der Waals surface area contributed by atoms with Crippen LogP contribution in [0.2, 0.25) is 0 Å². The second kappa shape index (κ2) is 28.9. The highest BCUT2D eigenvalue weighted by Gasteiger charge is 2.39. The number of carbonyl (C=O) groups excluding carboxylic acids is 5. The van der Waals surface area contributed by atoms with Crippen LogP contribution < -0.4 is 27.6 Å². The first kappa shape index (κ1) is 51.6. The van der Waals surface area contributed by atoms with E-state index in [2.05, 4.69) is 54.9 Å². The molecule has 0 radical (unpaired) electrons. The minimum Gasteiger partial charge on any atom is -0.363 e. The quantitative estimate of drug-likeness (QED) is 0.0566. The van der Waals surface area contributed by atoms with Crippen molar-refractivity contribution in [3.8, 4) is 0 Å². The average Bonchev–Trinajstić information content (AvgIpc) is 3.56. The van der Waals surface area contributed by atoms with Crippen LogP contribution in [0, 0.1) is 11.3 Å². The van der Waals surface area contributed by atoms with E-state index in [1.807, 2.05) is 47.6 Å². The van der Waals surface area contributed by atoms with Crippen LogP contribution in [0.5, 0.6) is 0 Å². The number of hydrogen-bond donors (Lipinski definition) is 5. The fourth-order valence-electron chi connectivity index (χ4n) is 5.03. The van der Waals surface area contributed by atoms with Crippen molar-refractivity contribution in [2.75, 3.05) is 32.3 Å². The molecule has 0 aromatic rings.